The number of nitrogens with one attached hydrogen (secondary N) is 1. The molecule has 0 atom stereocenters. The lowest BCUT2D eigenvalue weighted by atomic mass is 9.92. The number of aromatic amines is 1. The monoisotopic (exact) mass is 259 g/mol. The number of aryl methyl sites for hydroxylation is 2. The Hall–Kier alpha value is -2.48. The molecule has 1 N–H and O–H groups in total. The van der Waals surface area contributed by atoms with Crippen LogP contribution in [0.25, 0.3) is 33.1 Å². The first-order valence-corrected chi connectivity index (χ1v) is 7.02. The third kappa shape index (κ3) is 1.19. The van der Waals surface area contributed by atoms with Crippen molar-refractivity contribution in [3.05, 3.63) is 59.9 Å². The molecule has 2 heteroatoms. The Balaban J connectivity index is 1.95. The van der Waals surface area contributed by atoms with Gasteiger partial charge in [-0.05, 0) is 24.1 Å². The summed E-state index contributed by atoms with van der Waals surface area (Å²) in [7, 11) is 0. The summed E-state index contributed by atoms with van der Waals surface area (Å²) in [5, 5.41) is 2.56. The number of aromatic nitrogens is 1. The van der Waals surface area contributed by atoms with E-state index in [1.165, 1.54) is 33.1 Å². The number of hydrogen-bond acceptors (Lipinski definition) is 1. The van der Waals surface area contributed by atoms with Gasteiger partial charge in [0.05, 0.1) is 5.69 Å². The molecule has 0 saturated carbocycles. The third-order valence-corrected chi connectivity index (χ3v) is 4.33. The van der Waals surface area contributed by atoms with Crippen LogP contribution in [0.15, 0.2) is 52.9 Å². The van der Waals surface area contributed by atoms with Crippen molar-refractivity contribution >= 4 is 21.9 Å². The molecule has 0 aliphatic heterocycles. The van der Waals surface area contributed by atoms with Gasteiger partial charge < -0.3 is 9.40 Å². The van der Waals surface area contributed by atoms with Crippen molar-refractivity contribution in [1.82, 2.24) is 4.98 Å². The van der Waals surface area contributed by atoms with Crippen molar-refractivity contribution in [2.24, 2.45) is 0 Å². The maximum Gasteiger partial charge on any atom is 0.134 e. The van der Waals surface area contributed by atoms with Crippen molar-refractivity contribution < 1.29 is 4.42 Å². The van der Waals surface area contributed by atoms with E-state index < -0.39 is 0 Å². The molecule has 2 heterocycles. The predicted octanol–water partition coefficient (Wildman–Crippen LogP) is 4.68. The van der Waals surface area contributed by atoms with Crippen LogP contribution >= 0.6 is 0 Å². The highest BCUT2D eigenvalue weighted by molar-refractivity contribution is 6.01. The van der Waals surface area contributed by atoms with Gasteiger partial charge in [0.1, 0.15) is 11.3 Å². The molecule has 0 radical (unpaired) electrons. The van der Waals surface area contributed by atoms with Crippen LogP contribution in [0, 0.1) is 0 Å². The maximum absolute atomic E-state index is 6.02. The molecule has 0 fully saturated rings. The molecule has 20 heavy (non-hydrogen) atoms. The molecule has 0 spiro atoms. The fourth-order valence-corrected chi connectivity index (χ4v) is 3.46. The van der Waals surface area contributed by atoms with Gasteiger partial charge in [0.15, 0.2) is 0 Å². The average Bonchev–Trinajstić information content (AvgIpc) is 3.04. The molecule has 1 aliphatic carbocycles. The molecule has 0 bridgehead atoms. The lowest BCUT2D eigenvalue weighted by molar-refractivity contribution is 0.546. The van der Waals surface area contributed by atoms with E-state index in [0.717, 1.165) is 24.2 Å². The van der Waals surface area contributed by atoms with E-state index in [-0.39, 0.29) is 0 Å². The van der Waals surface area contributed by atoms with Crippen LogP contribution in [-0.2, 0) is 12.8 Å². The molecular weight excluding hydrogens is 246 g/mol. The lowest BCUT2D eigenvalue weighted by Gasteiger charge is -2.11. The highest BCUT2D eigenvalue weighted by Crippen LogP contribution is 2.42. The topological polar surface area (TPSA) is 28.9 Å². The fourth-order valence-electron chi connectivity index (χ4n) is 3.46. The van der Waals surface area contributed by atoms with Crippen molar-refractivity contribution in [2.75, 3.05) is 0 Å². The van der Waals surface area contributed by atoms with E-state index in [1.807, 2.05) is 6.07 Å². The smallest absolute Gasteiger partial charge is 0.134 e. The second-order valence-corrected chi connectivity index (χ2v) is 5.42. The highest BCUT2D eigenvalue weighted by Gasteiger charge is 2.25. The van der Waals surface area contributed by atoms with E-state index >= 15 is 0 Å². The Morgan fingerprint density at radius 3 is 2.60 bits per heavy atom. The van der Waals surface area contributed by atoms with E-state index in [0.29, 0.717) is 0 Å². The van der Waals surface area contributed by atoms with Crippen LogP contribution < -0.4 is 0 Å². The number of para-hydroxylation sites is 2. The number of hydrogen-bond donors (Lipinski definition) is 1. The Labute approximate surface area is 116 Å². The predicted molar refractivity (Wildman–Crippen MR) is 80.9 cm³/mol. The first-order valence-electron chi connectivity index (χ1n) is 7.02. The molecule has 4 aromatic rings. The van der Waals surface area contributed by atoms with Gasteiger partial charge in [-0.25, -0.2) is 0 Å². The Kier molecular flexibility index (Phi) is 1.83. The maximum atomic E-state index is 6.02. The summed E-state index contributed by atoms with van der Waals surface area (Å²) >= 11 is 0. The van der Waals surface area contributed by atoms with Crippen LogP contribution in [0.2, 0.25) is 0 Å². The first-order chi connectivity index (χ1) is 9.92. The molecule has 5 rings (SSSR count). The fraction of sp³-hybridized carbons (Fsp3) is 0.111. The molecule has 2 aromatic carbocycles. The normalized spacial score (nSPS) is 13.6. The van der Waals surface area contributed by atoms with Crippen LogP contribution in [0.3, 0.4) is 0 Å². The molecule has 2 nitrogen and oxygen atoms in total. The summed E-state index contributed by atoms with van der Waals surface area (Å²) in [6.07, 6.45) is 2.03. The molecule has 0 amide bonds. The quantitative estimate of drug-likeness (QED) is 0.488. The Bertz CT molecular complexity index is 958. The van der Waals surface area contributed by atoms with Gasteiger partial charge in [-0.2, -0.15) is 0 Å². The first kappa shape index (κ1) is 10.3. The van der Waals surface area contributed by atoms with E-state index in [9.17, 15) is 0 Å². The zero-order valence-corrected chi connectivity index (χ0v) is 10.9. The minimum Gasteiger partial charge on any atom is -0.460 e. The minimum atomic E-state index is 0.985. The van der Waals surface area contributed by atoms with Gasteiger partial charge in [-0.15, -0.1) is 0 Å². The summed E-state index contributed by atoms with van der Waals surface area (Å²) in [5.41, 5.74) is 6.15. The number of furan rings is 1. The number of fused-ring (bicyclic) bond motifs is 7. The van der Waals surface area contributed by atoms with Gasteiger partial charge in [-0.3, -0.25) is 0 Å². The summed E-state index contributed by atoms with van der Waals surface area (Å²) in [5.74, 6) is 1.12. The molecule has 1 aliphatic rings. The largest absolute Gasteiger partial charge is 0.460 e. The molecule has 0 unspecified atom stereocenters. The van der Waals surface area contributed by atoms with Crippen molar-refractivity contribution in [3.63, 3.8) is 0 Å². The SMILES string of the molecule is c1ccc2c3c([nH]c2c1)-c1c(oc2ccccc12)CC3. The summed E-state index contributed by atoms with van der Waals surface area (Å²) in [6, 6.07) is 16.9. The zero-order valence-electron chi connectivity index (χ0n) is 10.9. The van der Waals surface area contributed by atoms with Crippen molar-refractivity contribution in [3.8, 4) is 11.3 Å². The Morgan fingerprint density at radius 2 is 1.65 bits per heavy atom. The van der Waals surface area contributed by atoms with Crippen LogP contribution in [0.5, 0.6) is 0 Å². The second-order valence-electron chi connectivity index (χ2n) is 5.42. The van der Waals surface area contributed by atoms with Gasteiger partial charge in [0.25, 0.3) is 0 Å². The Morgan fingerprint density at radius 1 is 0.850 bits per heavy atom. The summed E-state index contributed by atoms with van der Waals surface area (Å²) in [4.78, 5) is 3.59. The van der Waals surface area contributed by atoms with E-state index in [1.54, 1.807) is 0 Å². The van der Waals surface area contributed by atoms with Gasteiger partial charge in [-0.1, -0.05) is 36.4 Å². The van der Waals surface area contributed by atoms with Crippen LogP contribution in [0.4, 0.5) is 0 Å². The third-order valence-electron chi connectivity index (χ3n) is 4.33. The number of rotatable bonds is 0. The molecule has 0 saturated heterocycles. The number of H-pyrrole nitrogens is 1. The van der Waals surface area contributed by atoms with Gasteiger partial charge in [0.2, 0.25) is 0 Å². The average molecular weight is 259 g/mol. The zero-order chi connectivity index (χ0) is 13.1. The molecule has 96 valence electrons. The van der Waals surface area contributed by atoms with E-state index in [4.69, 9.17) is 4.42 Å². The van der Waals surface area contributed by atoms with Crippen molar-refractivity contribution in [2.45, 2.75) is 12.8 Å². The van der Waals surface area contributed by atoms with Crippen LogP contribution in [-0.4, -0.2) is 4.98 Å². The highest BCUT2D eigenvalue weighted by atomic mass is 16.3. The van der Waals surface area contributed by atoms with Crippen molar-refractivity contribution in [1.29, 1.82) is 0 Å². The minimum absolute atomic E-state index is 0.985. The standard InChI is InChI=1S/C18H13NO/c1-3-7-14-11(5-1)12-9-10-16-17(18(12)19-14)13-6-2-4-8-15(13)20-16/h1-8,19H,9-10H2. The second kappa shape index (κ2) is 3.54. The summed E-state index contributed by atoms with van der Waals surface area (Å²) in [6.45, 7) is 0. The van der Waals surface area contributed by atoms with E-state index in [2.05, 4.69) is 47.4 Å². The molecular formula is C18H13NO. The molecule has 2 aromatic heterocycles. The van der Waals surface area contributed by atoms with Crippen LogP contribution in [0.1, 0.15) is 11.3 Å². The van der Waals surface area contributed by atoms with Gasteiger partial charge >= 0.3 is 0 Å². The van der Waals surface area contributed by atoms with Gasteiger partial charge in [0, 0.05) is 28.3 Å². The summed E-state index contributed by atoms with van der Waals surface area (Å²) < 4.78 is 6.02. The number of benzene rings is 2. The lowest BCUT2D eigenvalue weighted by Crippen LogP contribution is -2.00.